The summed E-state index contributed by atoms with van der Waals surface area (Å²) >= 11 is 0. The Morgan fingerprint density at radius 2 is 1.88 bits per heavy atom. The highest BCUT2D eigenvalue weighted by Crippen LogP contribution is 2.26. The van der Waals surface area contributed by atoms with E-state index in [1.807, 2.05) is 30.9 Å². The van der Waals surface area contributed by atoms with E-state index in [-0.39, 0.29) is 0 Å². The van der Waals surface area contributed by atoms with Crippen LogP contribution in [0, 0.1) is 0 Å². The van der Waals surface area contributed by atoms with Crippen LogP contribution in [0.3, 0.4) is 0 Å². The van der Waals surface area contributed by atoms with Crippen molar-refractivity contribution in [2.45, 2.75) is 31.8 Å². The molecular weight excluding hydrogens is 310 g/mol. The number of piperidine rings is 1. The first-order valence-electron chi connectivity index (χ1n) is 8.91. The fourth-order valence-corrected chi connectivity index (χ4v) is 3.64. The van der Waals surface area contributed by atoms with Crippen LogP contribution in [-0.2, 0) is 13.1 Å². The molecule has 1 aromatic carbocycles. The zero-order valence-corrected chi connectivity index (χ0v) is 14.3. The minimum atomic E-state index is 0.441. The predicted molar refractivity (Wildman–Crippen MR) is 97.1 cm³/mol. The van der Waals surface area contributed by atoms with Crippen molar-refractivity contribution in [3.63, 3.8) is 0 Å². The number of aromatic nitrogens is 4. The molecule has 1 aliphatic rings. The fraction of sp³-hybridized carbons (Fsp3) is 0.350. The lowest BCUT2D eigenvalue weighted by Gasteiger charge is -2.32. The van der Waals surface area contributed by atoms with Gasteiger partial charge in [0.25, 0.3) is 0 Å². The zero-order chi connectivity index (χ0) is 16.9. The molecule has 5 heteroatoms. The average Bonchev–Trinajstić information content (AvgIpc) is 3.12. The van der Waals surface area contributed by atoms with Gasteiger partial charge in [-0.2, -0.15) is 0 Å². The van der Waals surface area contributed by atoms with Crippen LogP contribution in [0.4, 0.5) is 0 Å². The predicted octanol–water partition coefficient (Wildman–Crippen LogP) is 3.10. The van der Waals surface area contributed by atoms with Crippen LogP contribution in [0.1, 0.15) is 35.7 Å². The molecule has 1 fully saturated rings. The Balaban J connectivity index is 1.46. The van der Waals surface area contributed by atoms with Crippen LogP contribution in [0.5, 0.6) is 0 Å². The molecule has 3 heterocycles. The van der Waals surface area contributed by atoms with E-state index in [4.69, 9.17) is 0 Å². The molecule has 1 aliphatic heterocycles. The lowest BCUT2D eigenvalue weighted by Crippen LogP contribution is -2.35. The fourth-order valence-electron chi connectivity index (χ4n) is 3.64. The van der Waals surface area contributed by atoms with Crippen molar-refractivity contribution >= 4 is 0 Å². The van der Waals surface area contributed by atoms with E-state index in [9.17, 15) is 0 Å². The molecule has 5 nitrogen and oxygen atoms in total. The summed E-state index contributed by atoms with van der Waals surface area (Å²) in [7, 11) is 0. The third kappa shape index (κ3) is 3.94. The van der Waals surface area contributed by atoms with Crippen LogP contribution < -0.4 is 0 Å². The van der Waals surface area contributed by atoms with Gasteiger partial charge in [-0.05, 0) is 36.6 Å². The Bertz CT molecular complexity index is 784. The van der Waals surface area contributed by atoms with E-state index >= 15 is 0 Å². The largest absolute Gasteiger partial charge is 0.313 e. The molecule has 25 heavy (non-hydrogen) atoms. The van der Waals surface area contributed by atoms with Crippen molar-refractivity contribution in [1.82, 2.24) is 24.6 Å². The van der Waals surface area contributed by atoms with Gasteiger partial charge < -0.3 is 4.57 Å². The van der Waals surface area contributed by atoms with Crippen LogP contribution in [0.25, 0.3) is 0 Å². The highest BCUT2D eigenvalue weighted by Gasteiger charge is 2.25. The third-order valence-corrected chi connectivity index (χ3v) is 4.84. The van der Waals surface area contributed by atoms with Crippen molar-refractivity contribution in [2.24, 2.45) is 0 Å². The molecule has 0 amide bonds. The molecule has 1 saturated heterocycles. The lowest BCUT2D eigenvalue weighted by molar-refractivity contribution is 0.194. The normalized spacial score (nSPS) is 18.3. The van der Waals surface area contributed by atoms with Gasteiger partial charge in [0.1, 0.15) is 12.2 Å². The minimum absolute atomic E-state index is 0.441. The first-order chi connectivity index (χ1) is 12.4. The third-order valence-electron chi connectivity index (χ3n) is 4.84. The number of pyridine rings is 1. The lowest BCUT2D eigenvalue weighted by atomic mass is 9.96. The number of rotatable bonds is 5. The summed E-state index contributed by atoms with van der Waals surface area (Å²) in [6.07, 6.45) is 8.03. The van der Waals surface area contributed by atoms with E-state index in [1.165, 1.54) is 24.0 Å². The zero-order valence-electron chi connectivity index (χ0n) is 14.3. The van der Waals surface area contributed by atoms with E-state index < -0.39 is 0 Å². The van der Waals surface area contributed by atoms with Gasteiger partial charge in [0.15, 0.2) is 0 Å². The topological polar surface area (TPSA) is 46.8 Å². The van der Waals surface area contributed by atoms with Gasteiger partial charge in [0, 0.05) is 31.4 Å². The van der Waals surface area contributed by atoms with Gasteiger partial charge in [-0.15, -0.1) is 10.2 Å². The van der Waals surface area contributed by atoms with Gasteiger partial charge in [0.05, 0.1) is 6.54 Å². The summed E-state index contributed by atoms with van der Waals surface area (Å²) in [6.45, 7) is 3.96. The molecule has 1 unspecified atom stereocenters. The van der Waals surface area contributed by atoms with Crippen molar-refractivity contribution in [3.8, 4) is 0 Å². The smallest absolute Gasteiger partial charge is 0.137 e. The van der Waals surface area contributed by atoms with Crippen LogP contribution in [0.15, 0.2) is 61.2 Å². The monoisotopic (exact) mass is 333 g/mol. The first kappa shape index (κ1) is 16.0. The van der Waals surface area contributed by atoms with Crippen molar-refractivity contribution < 1.29 is 0 Å². The van der Waals surface area contributed by atoms with E-state index in [0.29, 0.717) is 5.92 Å². The van der Waals surface area contributed by atoms with E-state index in [0.717, 1.165) is 32.0 Å². The van der Waals surface area contributed by atoms with Crippen molar-refractivity contribution in [3.05, 3.63) is 78.1 Å². The summed E-state index contributed by atoms with van der Waals surface area (Å²) in [5.74, 6) is 1.55. The standard InChI is InChI=1S/C20H23N5/c1-2-6-17(7-3-1)14-25-16-22-23-20(25)19-9-5-11-24(15-19)13-18-8-4-10-21-12-18/h1-4,6-8,10,12,16,19H,5,9,11,13-15H2. The van der Waals surface area contributed by atoms with Gasteiger partial charge in [0.2, 0.25) is 0 Å². The highest BCUT2D eigenvalue weighted by atomic mass is 15.3. The average molecular weight is 333 g/mol. The second-order valence-electron chi connectivity index (χ2n) is 6.74. The Kier molecular flexibility index (Phi) is 4.84. The van der Waals surface area contributed by atoms with Gasteiger partial charge in [-0.3, -0.25) is 9.88 Å². The number of hydrogen-bond acceptors (Lipinski definition) is 4. The maximum absolute atomic E-state index is 4.45. The summed E-state index contributed by atoms with van der Waals surface area (Å²) in [4.78, 5) is 6.73. The Morgan fingerprint density at radius 3 is 2.72 bits per heavy atom. The van der Waals surface area contributed by atoms with Crippen LogP contribution >= 0.6 is 0 Å². The van der Waals surface area contributed by atoms with E-state index in [2.05, 4.69) is 55.0 Å². The number of nitrogens with zero attached hydrogens (tertiary/aromatic N) is 5. The molecule has 0 spiro atoms. The van der Waals surface area contributed by atoms with Crippen LogP contribution in [-0.4, -0.2) is 37.7 Å². The second kappa shape index (κ2) is 7.57. The number of hydrogen-bond donors (Lipinski definition) is 0. The highest BCUT2D eigenvalue weighted by molar-refractivity contribution is 5.16. The quantitative estimate of drug-likeness (QED) is 0.720. The molecule has 2 aromatic heterocycles. The molecule has 0 aliphatic carbocycles. The van der Waals surface area contributed by atoms with Gasteiger partial charge in [-0.1, -0.05) is 36.4 Å². The SMILES string of the molecule is c1ccc(Cn2cnnc2C2CCCN(Cc3cccnc3)C2)cc1. The van der Waals surface area contributed by atoms with Crippen LogP contribution in [0.2, 0.25) is 0 Å². The summed E-state index contributed by atoms with van der Waals surface area (Å²) < 4.78 is 2.20. The molecule has 0 bridgehead atoms. The molecule has 0 radical (unpaired) electrons. The molecule has 1 atom stereocenters. The molecule has 0 saturated carbocycles. The Morgan fingerprint density at radius 1 is 1.00 bits per heavy atom. The van der Waals surface area contributed by atoms with Gasteiger partial charge in [-0.25, -0.2) is 0 Å². The molecule has 4 rings (SSSR count). The van der Waals surface area contributed by atoms with Crippen molar-refractivity contribution in [2.75, 3.05) is 13.1 Å². The maximum Gasteiger partial charge on any atom is 0.137 e. The minimum Gasteiger partial charge on any atom is -0.313 e. The first-order valence-corrected chi connectivity index (χ1v) is 8.91. The van der Waals surface area contributed by atoms with E-state index in [1.54, 1.807) is 0 Å². The second-order valence-corrected chi connectivity index (χ2v) is 6.74. The summed E-state index contributed by atoms with van der Waals surface area (Å²) in [6, 6.07) is 14.7. The molecule has 3 aromatic rings. The summed E-state index contributed by atoms with van der Waals surface area (Å²) in [5.41, 5.74) is 2.56. The number of likely N-dealkylation sites (tertiary alicyclic amines) is 1. The molecule has 0 N–H and O–H groups in total. The maximum atomic E-state index is 4.45. The number of benzene rings is 1. The Hall–Kier alpha value is -2.53. The van der Waals surface area contributed by atoms with Crippen molar-refractivity contribution in [1.29, 1.82) is 0 Å². The molecular formula is C20H23N5. The summed E-state index contributed by atoms with van der Waals surface area (Å²) in [5, 5.41) is 8.64. The Labute approximate surface area is 148 Å². The molecule has 128 valence electrons. The van der Waals surface area contributed by atoms with Gasteiger partial charge >= 0.3 is 0 Å².